The lowest BCUT2D eigenvalue weighted by atomic mass is 9.97. The van der Waals surface area contributed by atoms with Gasteiger partial charge in [-0.25, -0.2) is 15.0 Å². The van der Waals surface area contributed by atoms with E-state index in [0.29, 0.717) is 17.6 Å². The molecule has 69 heavy (non-hydrogen) atoms. The molecule has 0 radical (unpaired) electrons. The summed E-state index contributed by atoms with van der Waals surface area (Å²) in [4.78, 5) is 24.4. The molecule has 5 aromatic heterocycles. The van der Waals surface area contributed by atoms with Gasteiger partial charge in [0.15, 0.2) is 11.6 Å². The molecular formula is C61H38N8. The minimum atomic E-state index is 0.575. The lowest BCUT2D eigenvalue weighted by Crippen LogP contribution is -2.06. The summed E-state index contributed by atoms with van der Waals surface area (Å²) in [6.07, 6.45) is 3.55. The molecule has 0 amide bonds. The molecule has 0 aliphatic heterocycles. The van der Waals surface area contributed by atoms with Crippen molar-refractivity contribution >= 4 is 65.5 Å². The van der Waals surface area contributed by atoms with E-state index in [2.05, 4.69) is 170 Å². The molecule has 0 unspecified atom stereocenters. The number of nitrogens with zero attached hydrogens (tertiary/aromatic N) is 8. The van der Waals surface area contributed by atoms with Crippen molar-refractivity contribution in [2.24, 2.45) is 0 Å². The zero-order valence-electron chi connectivity index (χ0n) is 37.0. The molecule has 14 aromatic rings. The highest BCUT2D eigenvalue weighted by Crippen LogP contribution is 2.40. The SMILES string of the molecule is c1ccc(-c2nc(-c3ccccc3)nc(-n3c4ccccc4c4cc(-c5cccc(-c6ccc7c(c6)c6ccccc6n7-c6ccc7c(c6)c6ncncc6n7-c6ccccc6)c5)ccc43)n2)cc1. The van der Waals surface area contributed by atoms with E-state index in [1.807, 2.05) is 72.9 Å². The molecule has 0 fully saturated rings. The molecule has 0 aliphatic rings. The van der Waals surface area contributed by atoms with Crippen LogP contribution in [0.3, 0.4) is 0 Å². The van der Waals surface area contributed by atoms with Crippen LogP contribution < -0.4 is 0 Å². The van der Waals surface area contributed by atoms with Gasteiger partial charge in [-0.05, 0) is 95.1 Å². The summed E-state index contributed by atoms with van der Waals surface area (Å²) in [5, 5.41) is 5.73. The minimum absolute atomic E-state index is 0.575. The summed E-state index contributed by atoms with van der Waals surface area (Å²) in [5.74, 6) is 1.83. The quantitative estimate of drug-likeness (QED) is 0.159. The second-order valence-electron chi connectivity index (χ2n) is 17.4. The number of rotatable bonds is 7. The van der Waals surface area contributed by atoms with Gasteiger partial charge in [0, 0.05) is 49.4 Å². The first-order chi connectivity index (χ1) is 34.2. The first-order valence-corrected chi connectivity index (χ1v) is 23.1. The number of hydrogen-bond donors (Lipinski definition) is 0. The molecule has 0 atom stereocenters. The Morgan fingerprint density at radius 3 is 1.41 bits per heavy atom. The van der Waals surface area contributed by atoms with Crippen LogP contribution in [0.1, 0.15) is 0 Å². The van der Waals surface area contributed by atoms with Crippen LogP contribution in [0.2, 0.25) is 0 Å². The van der Waals surface area contributed by atoms with Crippen LogP contribution in [-0.4, -0.2) is 38.6 Å². The van der Waals surface area contributed by atoms with Crippen LogP contribution >= 0.6 is 0 Å². The van der Waals surface area contributed by atoms with Gasteiger partial charge in [-0.2, -0.15) is 9.97 Å². The van der Waals surface area contributed by atoms with Gasteiger partial charge >= 0.3 is 0 Å². The highest BCUT2D eigenvalue weighted by atomic mass is 15.2. The Hall–Kier alpha value is -9.53. The maximum Gasteiger partial charge on any atom is 0.238 e. The van der Waals surface area contributed by atoms with Gasteiger partial charge in [-0.1, -0.05) is 146 Å². The van der Waals surface area contributed by atoms with Gasteiger partial charge in [0.1, 0.15) is 6.33 Å². The standard InChI is InChI=1S/C61H38N8/c1-4-15-39(16-5-1)59-64-60(40-17-6-2-7-18-40)66-61(65-59)69-53-26-13-11-24-48(53)50-35-44(28-31-55(50)69)42-20-14-19-41(33-42)43-27-30-54-49(34-43)47-23-10-12-25-52(47)68(54)46-29-32-56-51(36-46)58-57(37-62-38-63-58)67(56)45-21-8-3-9-22-45/h1-38H. The van der Waals surface area contributed by atoms with Gasteiger partial charge in [0.05, 0.1) is 44.8 Å². The van der Waals surface area contributed by atoms with Gasteiger partial charge in [0.2, 0.25) is 5.95 Å². The van der Waals surface area contributed by atoms with E-state index in [0.717, 1.165) is 99.5 Å². The molecule has 9 aromatic carbocycles. The third-order valence-electron chi connectivity index (χ3n) is 13.4. The van der Waals surface area contributed by atoms with Crippen molar-refractivity contribution in [1.82, 2.24) is 38.6 Å². The molecule has 0 bridgehead atoms. The second kappa shape index (κ2) is 15.5. The Morgan fingerprint density at radius 2 is 0.768 bits per heavy atom. The molecule has 0 N–H and O–H groups in total. The van der Waals surface area contributed by atoms with Crippen LogP contribution in [0.4, 0.5) is 0 Å². The number of para-hydroxylation sites is 3. The summed E-state index contributed by atoms with van der Waals surface area (Å²) in [7, 11) is 0. The minimum Gasteiger partial charge on any atom is -0.309 e. The van der Waals surface area contributed by atoms with Crippen LogP contribution in [0.5, 0.6) is 0 Å². The van der Waals surface area contributed by atoms with Crippen LogP contribution in [0.25, 0.3) is 128 Å². The van der Waals surface area contributed by atoms with Crippen molar-refractivity contribution in [1.29, 1.82) is 0 Å². The largest absolute Gasteiger partial charge is 0.309 e. The highest BCUT2D eigenvalue weighted by Gasteiger charge is 2.20. The number of hydrogen-bond acceptors (Lipinski definition) is 5. The van der Waals surface area contributed by atoms with Gasteiger partial charge in [-0.3, -0.25) is 4.57 Å². The molecule has 0 saturated carbocycles. The van der Waals surface area contributed by atoms with E-state index in [1.165, 1.54) is 10.8 Å². The summed E-state index contributed by atoms with van der Waals surface area (Å²) in [5.41, 5.74) is 15.9. The summed E-state index contributed by atoms with van der Waals surface area (Å²) in [6, 6.07) is 77.1. The Labute approximate surface area is 395 Å². The zero-order valence-corrected chi connectivity index (χ0v) is 37.0. The lowest BCUT2D eigenvalue weighted by molar-refractivity contribution is 0.953. The summed E-state index contributed by atoms with van der Waals surface area (Å²) in [6.45, 7) is 0. The predicted octanol–water partition coefficient (Wildman–Crippen LogP) is 14.6. The molecule has 14 rings (SSSR count). The Bertz CT molecular complexity index is 4250. The Kier molecular flexibility index (Phi) is 8.72. The van der Waals surface area contributed by atoms with Crippen molar-refractivity contribution in [2.75, 3.05) is 0 Å². The third kappa shape index (κ3) is 6.27. The third-order valence-corrected chi connectivity index (χ3v) is 13.4. The fourth-order valence-electron chi connectivity index (χ4n) is 10.3. The van der Waals surface area contributed by atoms with Gasteiger partial charge in [-0.15, -0.1) is 0 Å². The van der Waals surface area contributed by atoms with Crippen molar-refractivity contribution < 1.29 is 0 Å². The van der Waals surface area contributed by atoms with Crippen molar-refractivity contribution in [3.8, 4) is 62.4 Å². The van der Waals surface area contributed by atoms with E-state index in [-0.39, 0.29) is 0 Å². The Balaban J connectivity index is 0.871. The normalized spacial score (nSPS) is 11.8. The molecule has 8 nitrogen and oxygen atoms in total. The summed E-state index contributed by atoms with van der Waals surface area (Å²) >= 11 is 0. The molecule has 0 saturated heterocycles. The first kappa shape index (κ1) is 38.7. The van der Waals surface area contributed by atoms with Crippen LogP contribution in [0.15, 0.2) is 231 Å². The predicted molar refractivity (Wildman–Crippen MR) is 280 cm³/mol. The maximum absolute atomic E-state index is 5.12. The van der Waals surface area contributed by atoms with E-state index in [1.54, 1.807) is 6.33 Å². The van der Waals surface area contributed by atoms with Crippen molar-refractivity contribution in [3.63, 3.8) is 0 Å². The zero-order chi connectivity index (χ0) is 45.4. The number of aromatic nitrogens is 8. The van der Waals surface area contributed by atoms with Crippen molar-refractivity contribution in [3.05, 3.63) is 231 Å². The molecule has 0 spiro atoms. The van der Waals surface area contributed by atoms with E-state index in [4.69, 9.17) is 19.9 Å². The molecule has 322 valence electrons. The average Bonchev–Trinajstić information content (AvgIpc) is 4.06. The van der Waals surface area contributed by atoms with Crippen LogP contribution in [0, 0.1) is 0 Å². The monoisotopic (exact) mass is 882 g/mol. The fraction of sp³-hybridized carbons (Fsp3) is 0. The number of benzene rings is 9. The Morgan fingerprint density at radius 1 is 0.290 bits per heavy atom. The first-order valence-electron chi connectivity index (χ1n) is 23.1. The highest BCUT2D eigenvalue weighted by molar-refractivity contribution is 6.13. The second-order valence-corrected chi connectivity index (χ2v) is 17.4. The van der Waals surface area contributed by atoms with E-state index in [9.17, 15) is 0 Å². The average molecular weight is 883 g/mol. The smallest absolute Gasteiger partial charge is 0.238 e. The lowest BCUT2D eigenvalue weighted by Gasteiger charge is -2.11. The van der Waals surface area contributed by atoms with Gasteiger partial charge in [0.25, 0.3) is 0 Å². The van der Waals surface area contributed by atoms with Gasteiger partial charge < -0.3 is 9.13 Å². The molecule has 0 aliphatic carbocycles. The van der Waals surface area contributed by atoms with E-state index >= 15 is 0 Å². The topological polar surface area (TPSA) is 79.2 Å². The molecule has 8 heteroatoms. The van der Waals surface area contributed by atoms with Crippen molar-refractivity contribution in [2.45, 2.75) is 0 Å². The fourth-order valence-corrected chi connectivity index (χ4v) is 10.3. The molecule has 5 heterocycles. The number of fused-ring (bicyclic) bond motifs is 9. The van der Waals surface area contributed by atoms with Crippen LogP contribution in [-0.2, 0) is 0 Å². The summed E-state index contributed by atoms with van der Waals surface area (Å²) < 4.78 is 6.80. The maximum atomic E-state index is 5.12. The van der Waals surface area contributed by atoms with E-state index < -0.39 is 0 Å². The molecular weight excluding hydrogens is 845 g/mol.